The van der Waals surface area contributed by atoms with Crippen molar-refractivity contribution in [3.8, 4) is 5.82 Å². The van der Waals surface area contributed by atoms with Crippen molar-refractivity contribution in [1.29, 1.82) is 0 Å². The van der Waals surface area contributed by atoms with Crippen molar-refractivity contribution in [3.63, 3.8) is 0 Å². The Morgan fingerprint density at radius 3 is 2.44 bits per heavy atom. The van der Waals surface area contributed by atoms with E-state index in [1.165, 1.54) is 12.1 Å². The van der Waals surface area contributed by atoms with Gasteiger partial charge in [-0.3, -0.25) is 4.79 Å². The van der Waals surface area contributed by atoms with Crippen molar-refractivity contribution in [3.05, 3.63) is 29.6 Å². The topological polar surface area (TPSA) is 94.0 Å². The van der Waals surface area contributed by atoms with E-state index in [4.69, 9.17) is 0 Å². The number of nitrogens with zero attached hydrogens (tertiary/aromatic N) is 3. The van der Waals surface area contributed by atoms with Gasteiger partial charge in [-0.1, -0.05) is 13.8 Å². The predicted octanol–water partition coefficient (Wildman–Crippen LogP) is 2.49. The summed E-state index contributed by atoms with van der Waals surface area (Å²) in [5, 5.41) is 6.71. The van der Waals surface area contributed by atoms with Gasteiger partial charge in [0, 0.05) is 19.0 Å². The molecule has 136 valence electrons. The molecule has 10 heteroatoms. The molecule has 0 amide bonds. The fraction of sp³-hybridized carbons (Fsp3) is 0.400. The third-order valence-corrected chi connectivity index (χ3v) is 4.42. The number of carbonyl (C=O) groups is 1. The summed E-state index contributed by atoms with van der Waals surface area (Å²) in [4.78, 5) is 15.3. The molecule has 0 unspecified atom stereocenters. The molecule has 0 aliphatic heterocycles. The van der Waals surface area contributed by atoms with Gasteiger partial charge in [-0.2, -0.15) is 9.78 Å². The van der Waals surface area contributed by atoms with Gasteiger partial charge in [0.15, 0.2) is 21.9 Å². The highest BCUT2D eigenvalue weighted by atomic mass is 32.2. The van der Waals surface area contributed by atoms with E-state index < -0.39 is 22.0 Å². The van der Waals surface area contributed by atoms with E-state index in [0.29, 0.717) is 12.8 Å². The molecule has 0 radical (unpaired) electrons. The smallest absolute Gasteiger partial charge is 0.282 e. The van der Waals surface area contributed by atoms with Crippen molar-refractivity contribution in [2.24, 2.45) is 5.92 Å². The lowest BCUT2D eigenvalue weighted by Crippen LogP contribution is -2.14. The second kappa shape index (κ2) is 7.26. The van der Waals surface area contributed by atoms with Gasteiger partial charge in [0.2, 0.25) is 0 Å². The van der Waals surface area contributed by atoms with Crippen LogP contribution in [-0.4, -0.2) is 42.3 Å². The monoisotopic (exact) mass is 372 g/mol. The molecule has 0 aliphatic rings. The molecule has 0 atom stereocenters. The molecule has 0 aliphatic carbocycles. The van der Waals surface area contributed by atoms with Gasteiger partial charge >= 0.3 is 0 Å². The predicted molar refractivity (Wildman–Crippen MR) is 88.1 cm³/mol. The summed E-state index contributed by atoms with van der Waals surface area (Å²) in [6.07, 6.45) is -0.469. The lowest BCUT2D eigenvalue weighted by Gasteiger charge is -2.12. The van der Waals surface area contributed by atoms with E-state index in [1.807, 2.05) is 13.8 Å². The van der Waals surface area contributed by atoms with E-state index in [1.54, 1.807) is 0 Å². The lowest BCUT2D eigenvalue weighted by atomic mass is 10.2. The third-order valence-electron chi connectivity index (χ3n) is 3.32. The van der Waals surface area contributed by atoms with Crippen LogP contribution in [0.2, 0.25) is 0 Å². The number of hydrogen-bond donors (Lipinski definition) is 1. The van der Waals surface area contributed by atoms with Crippen molar-refractivity contribution in [1.82, 2.24) is 14.8 Å². The standard InChI is InChI=1S/C15H18F2N4O3S/c1-9(2)6-19-15-11(8-22)13(14(16)17)20-21(15)12-5-4-10(7-18-12)25(3,23)24/h4-5,7-9,14,19H,6H2,1-3H3. The summed E-state index contributed by atoms with van der Waals surface area (Å²) >= 11 is 0. The van der Waals surface area contributed by atoms with Gasteiger partial charge in [-0.25, -0.2) is 22.2 Å². The van der Waals surface area contributed by atoms with Crippen LogP contribution in [-0.2, 0) is 9.84 Å². The number of hydrogen-bond acceptors (Lipinski definition) is 6. The molecule has 1 N–H and O–H groups in total. The highest BCUT2D eigenvalue weighted by Gasteiger charge is 2.25. The molecule has 0 bridgehead atoms. The first-order chi connectivity index (χ1) is 11.6. The van der Waals surface area contributed by atoms with Crippen LogP contribution in [0.3, 0.4) is 0 Å². The molecule has 0 spiro atoms. The molecule has 2 rings (SSSR count). The van der Waals surface area contributed by atoms with Crippen LogP contribution in [0.1, 0.15) is 36.3 Å². The maximum absolute atomic E-state index is 13.2. The molecule has 2 aromatic heterocycles. The number of aromatic nitrogens is 3. The van der Waals surface area contributed by atoms with Gasteiger partial charge in [0.25, 0.3) is 6.43 Å². The Kier molecular flexibility index (Phi) is 5.51. The van der Waals surface area contributed by atoms with Crippen molar-refractivity contribution >= 4 is 21.9 Å². The van der Waals surface area contributed by atoms with Crippen molar-refractivity contribution in [2.45, 2.75) is 25.2 Å². The average Bonchev–Trinajstić information content (AvgIpc) is 2.90. The Hall–Kier alpha value is -2.36. The zero-order chi connectivity index (χ0) is 18.8. The minimum absolute atomic E-state index is 0.00945. The summed E-state index contributed by atoms with van der Waals surface area (Å²) in [6, 6.07) is 2.64. The molecule has 0 saturated heterocycles. The molecular formula is C15H18F2N4O3S. The minimum atomic E-state index is -3.44. The Morgan fingerprint density at radius 1 is 1.32 bits per heavy atom. The first kappa shape index (κ1) is 19.0. The molecule has 2 heterocycles. The number of sulfone groups is 1. The Labute approximate surface area is 144 Å². The maximum atomic E-state index is 13.2. The zero-order valence-corrected chi connectivity index (χ0v) is 14.7. The summed E-state index contributed by atoms with van der Waals surface area (Å²) in [5.41, 5.74) is -0.903. The molecule has 0 fully saturated rings. The number of halogens is 2. The maximum Gasteiger partial charge on any atom is 0.282 e. The number of alkyl halides is 2. The normalized spacial score (nSPS) is 12.0. The number of pyridine rings is 1. The molecule has 7 nitrogen and oxygen atoms in total. The number of anilines is 1. The van der Waals surface area contributed by atoms with Crippen LogP contribution >= 0.6 is 0 Å². The van der Waals surface area contributed by atoms with Crippen LogP contribution in [0, 0.1) is 5.92 Å². The van der Waals surface area contributed by atoms with E-state index >= 15 is 0 Å². The van der Waals surface area contributed by atoms with Crippen LogP contribution < -0.4 is 5.32 Å². The average molecular weight is 372 g/mol. The number of aldehydes is 1. The van der Waals surface area contributed by atoms with Crippen LogP contribution in [0.15, 0.2) is 23.2 Å². The van der Waals surface area contributed by atoms with Gasteiger partial charge in [-0.05, 0) is 18.1 Å². The Balaban J connectivity index is 2.56. The SMILES string of the molecule is CC(C)CNc1c(C=O)c(C(F)F)nn1-c1ccc(S(C)(=O)=O)cn1. The molecule has 25 heavy (non-hydrogen) atoms. The Bertz CT molecular complexity index is 862. The molecule has 0 saturated carbocycles. The number of nitrogens with one attached hydrogen (secondary N) is 1. The van der Waals surface area contributed by atoms with E-state index in [0.717, 1.165) is 17.1 Å². The lowest BCUT2D eigenvalue weighted by molar-refractivity contribution is 0.110. The largest absolute Gasteiger partial charge is 0.369 e. The number of rotatable bonds is 7. The fourth-order valence-corrected chi connectivity index (χ4v) is 2.64. The first-order valence-electron chi connectivity index (χ1n) is 7.41. The van der Waals surface area contributed by atoms with Gasteiger partial charge in [-0.15, -0.1) is 0 Å². The first-order valence-corrected chi connectivity index (χ1v) is 9.31. The van der Waals surface area contributed by atoms with Crippen LogP contribution in [0.5, 0.6) is 0 Å². The van der Waals surface area contributed by atoms with Crippen LogP contribution in [0.25, 0.3) is 5.82 Å². The fourth-order valence-electron chi connectivity index (χ4n) is 2.08. The van der Waals surface area contributed by atoms with Crippen LogP contribution in [0.4, 0.5) is 14.6 Å². The summed E-state index contributed by atoms with van der Waals surface area (Å²) in [7, 11) is -3.44. The van der Waals surface area contributed by atoms with E-state index in [-0.39, 0.29) is 28.0 Å². The zero-order valence-electron chi connectivity index (χ0n) is 13.9. The van der Waals surface area contributed by atoms with Crippen molar-refractivity contribution < 1.29 is 22.0 Å². The second-order valence-corrected chi connectivity index (χ2v) is 7.89. The van der Waals surface area contributed by atoms with E-state index in [2.05, 4.69) is 15.4 Å². The quantitative estimate of drug-likeness (QED) is 0.751. The van der Waals surface area contributed by atoms with E-state index in [9.17, 15) is 22.0 Å². The minimum Gasteiger partial charge on any atom is -0.369 e. The highest BCUT2D eigenvalue weighted by molar-refractivity contribution is 7.90. The van der Waals surface area contributed by atoms with Gasteiger partial charge in [0.05, 0.1) is 10.5 Å². The molecular weight excluding hydrogens is 354 g/mol. The summed E-state index contributed by atoms with van der Waals surface area (Å²) < 4.78 is 50.4. The molecule has 0 aromatic carbocycles. The highest BCUT2D eigenvalue weighted by Crippen LogP contribution is 2.29. The van der Waals surface area contributed by atoms with Gasteiger partial charge in [0.1, 0.15) is 11.5 Å². The number of carbonyl (C=O) groups excluding carboxylic acids is 1. The van der Waals surface area contributed by atoms with Crippen molar-refractivity contribution in [2.75, 3.05) is 18.1 Å². The second-order valence-electron chi connectivity index (χ2n) is 5.88. The third kappa shape index (κ3) is 4.19. The summed E-state index contributed by atoms with van der Waals surface area (Å²) in [6.45, 7) is 4.26. The Morgan fingerprint density at radius 2 is 2.00 bits per heavy atom. The van der Waals surface area contributed by atoms with Gasteiger partial charge < -0.3 is 5.32 Å². The summed E-state index contributed by atoms with van der Waals surface area (Å²) in [5.74, 6) is 0.408. The molecule has 2 aromatic rings.